The smallest absolute Gasteiger partial charge is 0.321 e. The fourth-order valence-corrected chi connectivity index (χ4v) is 6.78. The first-order chi connectivity index (χ1) is 11.9. The van der Waals surface area contributed by atoms with Crippen LogP contribution in [-0.4, -0.2) is 23.7 Å². The summed E-state index contributed by atoms with van der Waals surface area (Å²) in [5.74, 6) is 2.04. The molecule has 0 aromatic carbocycles. The Morgan fingerprint density at radius 1 is 1.20 bits per heavy atom. The number of ketones is 1. The molecule has 0 unspecified atom stereocenters. The van der Waals surface area contributed by atoms with E-state index in [1.54, 1.807) is 0 Å². The highest BCUT2D eigenvalue weighted by molar-refractivity contribution is 6.26. The average molecular weight is 365 g/mol. The van der Waals surface area contributed by atoms with Gasteiger partial charge >= 0.3 is 5.97 Å². The Morgan fingerprint density at radius 2 is 1.92 bits per heavy atom. The molecule has 0 saturated heterocycles. The van der Waals surface area contributed by atoms with Crippen LogP contribution in [0.3, 0.4) is 0 Å². The van der Waals surface area contributed by atoms with Crippen molar-refractivity contribution in [3.05, 3.63) is 11.6 Å². The maximum atomic E-state index is 12.5. The summed E-state index contributed by atoms with van der Waals surface area (Å²) in [6, 6.07) is 0. The molecule has 0 spiro atoms. The lowest BCUT2D eigenvalue weighted by molar-refractivity contribution is -0.148. The van der Waals surface area contributed by atoms with Gasteiger partial charge in [-0.2, -0.15) is 0 Å². The van der Waals surface area contributed by atoms with E-state index < -0.39 is 0 Å². The molecule has 0 aromatic heterocycles. The predicted molar refractivity (Wildman–Crippen MR) is 97.3 cm³/mol. The van der Waals surface area contributed by atoms with Gasteiger partial charge in [0.1, 0.15) is 17.8 Å². The van der Waals surface area contributed by atoms with Crippen LogP contribution in [0.25, 0.3) is 0 Å². The number of carbonyl (C=O) groups is 2. The summed E-state index contributed by atoms with van der Waals surface area (Å²) in [6.07, 6.45) is 10.5. The third-order valence-electron chi connectivity index (χ3n) is 8.17. The third kappa shape index (κ3) is 2.60. The number of allylic oxidation sites excluding steroid dienone is 1. The Labute approximate surface area is 155 Å². The Kier molecular flexibility index (Phi) is 4.30. The Balaban J connectivity index is 1.56. The molecule has 0 aromatic rings. The molecule has 0 radical (unpaired) electrons. The van der Waals surface area contributed by atoms with E-state index in [-0.39, 0.29) is 28.8 Å². The molecule has 25 heavy (non-hydrogen) atoms. The van der Waals surface area contributed by atoms with Crippen molar-refractivity contribution >= 4 is 23.4 Å². The van der Waals surface area contributed by atoms with Gasteiger partial charge in [-0.15, -0.1) is 11.6 Å². The van der Waals surface area contributed by atoms with Gasteiger partial charge in [0.05, 0.1) is 0 Å². The van der Waals surface area contributed by atoms with E-state index in [0.717, 1.165) is 44.9 Å². The van der Waals surface area contributed by atoms with Crippen molar-refractivity contribution in [1.29, 1.82) is 0 Å². The van der Waals surface area contributed by atoms with Gasteiger partial charge in [0, 0.05) is 18.3 Å². The van der Waals surface area contributed by atoms with Crippen LogP contribution in [0.15, 0.2) is 11.6 Å². The van der Waals surface area contributed by atoms with Crippen LogP contribution >= 0.6 is 11.6 Å². The Bertz CT molecular complexity index is 627. The molecule has 0 aliphatic heterocycles. The summed E-state index contributed by atoms with van der Waals surface area (Å²) in [5, 5.41) is 0. The number of carbonyl (C=O) groups excluding carboxylic acids is 2. The minimum atomic E-state index is -0.303. The lowest BCUT2D eigenvalue weighted by Crippen LogP contribution is -2.50. The average Bonchev–Trinajstić information content (AvgIpc) is 2.90. The maximum absolute atomic E-state index is 12.5. The van der Waals surface area contributed by atoms with Crippen LogP contribution < -0.4 is 0 Å². The summed E-state index contributed by atoms with van der Waals surface area (Å²) in [5.41, 5.74) is 1.65. The maximum Gasteiger partial charge on any atom is 0.321 e. The second kappa shape index (κ2) is 6.11. The van der Waals surface area contributed by atoms with E-state index in [1.807, 2.05) is 0 Å². The molecule has 4 aliphatic rings. The van der Waals surface area contributed by atoms with Crippen LogP contribution in [0.2, 0.25) is 0 Å². The topological polar surface area (TPSA) is 43.4 Å². The van der Waals surface area contributed by atoms with Crippen molar-refractivity contribution in [1.82, 2.24) is 0 Å². The fraction of sp³-hybridized carbons (Fsp3) is 0.810. The van der Waals surface area contributed by atoms with Crippen molar-refractivity contribution in [2.75, 3.05) is 5.88 Å². The number of hydrogen-bond acceptors (Lipinski definition) is 3. The second-order valence-corrected chi connectivity index (χ2v) is 9.43. The molecule has 4 heteroatoms. The molecule has 138 valence electrons. The van der Waals surface area contributed by atoms with Crippen LogP contribution in [0.5, 0.6) is 0 Å². The largest absolute Gasteiger partial charge is 0.461 e. The van der Waals surface area contributed by atoms with E-state index >= 15 is 0 Å². The van der Waals surface area contributed by atoms with E-state index in [2.05, 4.69) is 19.9 Å². The molecule has 3 saturated carbocycles. The minimum Gasteiger partial charge on any atom is -0.461 e. The lowest BCUT2D eigenvalue weighted by atomic mass is 9.48. The lowest BCUT2D eigenvalue weighted by Gasteiger charge is -2.56. The second-order valence-electron chi connectivity index (χ2n) is 9.17. The SMILES string of the molecule is C[C@]12CC[C@H](OC(=O)CCl)CC1=CC[C@@H]1[C@@H]2CC[C@]2(C)C(=O)CC[C@@H]12. The molecule has 4 aliphatic carbocycles. The highest BCUT2D eigenvalue weighted by atomic mass is 35.5. The van der Waals surface area contributed by atoms with Crippen LogP contribution in [0, 0.1) is 28.6 Å². The van der Waals surface area contributed by atoms with Gasteiger partial charge in [-0.05, 0) is 61.7 Å². The first-order valence-electron chi connectivity index (χ1n) is 9.87. The predicted octanol–water partition coefficient (Wildman–Crippen LogP) is 4.67. The first kappa shape index (κ1) is 17.6. The summed E-state index contributed by atoms with van der Waals surface area (Å²) in [4.78, 5) is 24.0. The molecule has 0 amide bonds. The fourth-order valence-electron chi connectivity index (χ4n) is 6.72. The van der Waals surface area contributed by atoms with E-state index in [0.29, 0.717) is 23.5 Å². The number of fused-ring (bicyclic) bond motifs is 5. The Morgan fingerprint density at radius 3 is 2.68 bits per heavy atom. The van der Waals surface area contributed by atoms with Gasteiger partial charge < -0.3 is 4.74 Å². The van der Waals surface area contributed by atoms with Crippen molar-refractivity contribution < 1.29 is 14.3 Å². The molecule has 4 rings (SSSR count). The number of Topliss-reactive ketones (excluding diaryl/α,β-unsaturated/α-hetero) is 1. The normalized spacial score (nSPS) is 45.9. The van der Waals surface area contributed by atoms with Gasteiger partial charge in [-0.1, -0.05) is 25.5 Å². The van der Waals surface area contributed by atoms with E-state index in [9.17, 15) is 9.59 Å². The van der Waals surface area contributed by atoms with Crippen molar-refractivity contribution in [3.63, 3.8) is 0 Å². The van der Waals surface area contributed by atoms with Gasteiger partial charge in [-0.3, -0.25) is 9.59 Å². The highest BCUT2D eigenvalue weighted by Gasteiger charge is 2.58. The molecule has 6 atom stereocenters. The van der Waals surface area contributed by atoms with Gasteiger partial charge in [0.2, 0.25) is 0 Å². The first-order valence-corrected chi connectivity index (χ1v) is 10.4. The van der Waals surface area contributed by atoms with Crippen molar-refractivity contribution in [2.24, 2.45) is 28.6 Å². The number of hydrogen-bond donors (Lipinski definition) is 0. The molecule has 3 nitrogen and oxygen atoms in total. The van der Waals surface area contributed by atoms with E-state index in [4.69, 9.17) is 16.3 Å². The standard InChI is InChI=1S/C21H29ClO3/c1-20-9-7-14(25-19(24)12-22)11-13(20)3-4-15-16-5-6-18(23)21(16,2)10-8-17(15)20/h3,14-17H,4-12H2,1-2H3/t14-,15-,16-,17-,20-,21-/m0/s1. The summed E-state index contributed by atoms with van der Waals surface area (Å²) in [6.45, 7) is 4.65. The molecular formula is C21H29ClO3. The van der Waals surface area contributed by atoms with Gasteiger partial charge in [0.25, 0.3) is 0 Å². The van der Waals surface area contributed by atoms with Gasteiger partial charge in [-0.25, -0.2) is 0 Å². The number of ether oxygens (including phenoxy) is 1. The molecule has 3 fully saturated rings. The number of halogens is 1. The van der Waals surface area contributed by atoms with Crippen molar-refractivity contribution in [3.8, 4) is 0 Å². The Hall–Kier alpha value is -0.830. The number of rotatable bonds is 2. The summed E-state index contributed by atoms with van der Waals surface area (Å²) in [7, 11) is 0. The van der Waals surface area contributed by atoms with Gasteiger partial charge in [0.15, 0.2) is 0 Å². The monoisotopic (exact) mass is 364 g/mol. The molecular weight excluding hydrogens is 336 g/mol. The van der Waals surface area contributed by atoms with E-state index in [1.165, 1.54) is 12.0 Å². The number of esters is 1. The molecule has 0 N–H and O–H groups in total. The van der Waals surface area contributed by atoms with Crippen molar-refractivity contribution in [2.45, 2.75) is 71.3 Å². The third-order valence-corrected chi connectivity index (χ3v) is 8.39. The molecule has 0 bridgehead atoms. The highest BCUT2D eigenvalue weighted by Crippen LogP contribution is 2.64. The van der Waals surface area contributed by atoms with Crippen LogP contribution in [0.4, 0.5) is 0 Å². The summed E-state index contributed by atoms with van der Waals surface area (Å²) < 4.78 is 5.51. The zero-order valence-electron chi connectivity index (χ0n) is 15.4. The minimum absolute atomic E-state index is 0.0101. The number of alkyl halides is 1. The molecule has 0 heterocycles. The zero-order chi connectivity index (χ0) is 17.8. The van der Waals surface area contributed by atoms with Crippen LogP contribution in [-0.2, 0) is 14.3 Å². The van der Waals surface area contributed by atoms with Crippen LogP contribution in [0.1, 0.15) is 65.2 Å². The zero-order valence-corrected chi connectivity index (χ0v) is 16.1. The quantitative estimate of drug-likeness (QED) is 0.406. The summed E-state index contributed by atoms with van der Waals surface area (Å²) >= 11 is 5.59.